The molecular formula is C15H31N7O. The number of rotatable bonds is 11. The molecule has 2 N–H and O–H groups in total. The van der Waals surface area contributed by atoms with E-state index in [0.717, 1.165) is 64.0 Å². The first kappa shape index (κ1) is 19.4. The molecule has 0 aliphatic rings. The van der Waals surface area contributed by atoms with Gasteiger partial charge >= 0.3 is 0 Å². The molecule has 0 fully saturated rings. The fourth-order valence-corrected chi connectivity index (χ4v) is 2.17. The Bertz CT molecular complexity index is 447. The van der Waals surface area contributed by atoms with E-state index in [2.05, 4.69) is 49.3 Å². The minimum atomic E-state index is 0.774. The van der Waals surface area contributed by atoms with Gasteiger partial charge in [0.1, 0.15) is 12.2 Å². The van der Waals surface area contributed by atoms with Gasteiger partial charge < -0.3 is 24.8 Å². The van der Waals surface area contributed by atoms with Crippen LogP contribution in [0, 0.1) is 0 Å². The molecule has 0 radical (unpaired) electrons. The lowest BCUT2D eigenvalue weighted by Crippen LogP contribution is -2.40. The SMILES string of the molecule is CCc1nncn1CCNC(=NC)NCCCN(C)CCOC. The van der Waals surface area contributed by atoms with Gasteiger partial charge in [0.05, 0.1) is 6.61 Å². The zero-order chi connectivity index (χ0) is 16.9. The van der Waals surface area contributed by atoms with Gasteiger partial charge in [-0.05, 0) is 20.0 Å². The van der Waals surface area contributed by atoms with Gasteiger partial charge in [-0.2, -0.15) is 0 Å². The average molecular weight is 325 g/mol. The summed E-state index contributed by atoms with van der Waals surface area (Å²) >= 11 is 0. The Morgan fingerprint density at radius 3 is 2.83 bits per heavy atom. The number of hydrogen-bond acceptors (Lipinski definition) is 5. The van der Waals surface area contributed by atoms with Crippen LogP contribution in [0.15, 0.2) is 11.3 Å². The normalized spacial score (nSPS) is 12.0. The van der Waals surface area contributed by atoms with Crippen molar-refractivity contribution in [2.24, 2.45) is 4.99 Å². The quantitative estimate of drug-likeness (QED) is 0.338. The average Bonchev–Trinajstić information content (AvgIpc) is 3.02. The maximum atomic E-state index is 5.07. The van der Waals surface area contributed by atoms with E-state index in [1.807, 2.05) is 0 Å². The zero-order valence-corrected chi connectivity index (χ0v) is 14.9. The molecule has 8 heteroatoms. The molecule has 1 heterocycles. The molecule has 0 atom stereocenters. The summed E-state index contributed by atoms with van der Waals surface area (Å²) in [6.07, 6.45) is 3.72. The van der Waals surface area contributed by atoms with Gasteiger partial charge in [0.2, 0.25) is 0 Å². The summed E-state index contributed by atoms with van der Waals surface area (Å²) < 4.78 is 7.13. The van der Waals surface area contributed by atoms with Crippen LogP contribution < -0.4 is 10.6 Å². The fraction of sp³-hybridized carbons (Fsp3) is 0.800. The highest BCUT2D eigenvalue weighted by Gasteiger charge is 2.02. The van der Waals surface area contributed by atoms with E-state index in [-0.39, 0.29) is 0 Å². The number of ether oxygens (including phenoxy) is 1. The Kier molecular flexibility index (Phi) is 9.97. The van der Waals surface area contributed by atoms with E-state index in [9.17, 15) is 0 Å². The summed E-state index contributed by atoms with van der Waals surface area (Å²) in [7, 11) is 5.63. The number of nitrogens with zero attached hydrogens (tertiary/aromatic N) is 5. The number of hydrogen-bond donors (Lipinski definition) is 2. The summed E-state index contributed by atoms with van der Waals surface area (Å²) in [4.78, 5) is 6.50. The van der Waals surface area contributed by atoms with Gasteiger partial charge in [-0.25, -0.2) is 0 Å². The van der Waals surface area contributed by atoms with Gasteiger partial charge in [0.25, 0.3) is 0 Å². The van der Waals surface area contributed by atoms with Crippen molar-refractivity contribution in [3.63, 3.8) is 0 Å². The van der Waals surface area contributed by atoms with E-state index in [4.69, 9.17) is 4.74 Å². The molecule has 23 heavy (non-hydrogen) atoms. The topological polar surface area (TPSA) is 79.6 Å². The molecule has 8 nitrogen and oxygen atoms in total. The molecular weight excluding hydrogens is 294 g/mol. The van der Waals surface area contributed by atoms with Crippen molar-refractivity contribution in [2.75, 3.05) is 54.0 Å². The summed E-state index contributed by atoms with van der Waals surface area (Å²) in [6, 6.07) is 0. The van der Waals surface area contributed by atoms with E-state index < -0.39 is 0 Å². The second-order valence-electron chi connectivity index (χ2n) is 5.37. The van der Waals surface area contributed by atoms with Crippen molar-refractivity contribution in [3.05, 3.63) is 12.2 Å². The summed E-state index contributed by atoms with van der Waals surface area (Å²) in [5.74, 6) is 1.84. The number of likely N-dealkylation sites (N-methyl/N-ethyl adjacent to an activating group) is 1. The monoisotopic (exact) mass is 325 g/mol. The van der Waals surface area contributed by atoms with Crippen molar-refractivity contribution in [1.82, 2.24) is 30.3 Å². The Morgan fingerprint density at radius 1 is 1.35 bits per heavy atom. The van der Waals surface area contributed by atoms with E-state index in [1.54, 1.807) is 20.5 Å². The first-order valence-corrected chi connectivity index (χ1v) is 8.20. The molecule has 0 saturated heterocycles. The van der Waals surface area contributed by atoms with Crippen LogP contribution in [-0.4, -0.2) is 79.6 Å². The smallest absolute Gasteiger partial charge is 0.191 e. The molecule has 0 aliphatic carbocycles. The van der Waals surface area contributed by atoms with Crippen LogP contribution in [0.2, 0.25) is 0 Å². The van der Waals surface area contributed by atoms with Crippen molar-refractivity contribution in [3.8, 4) is 0 Å². The van der Waals surface area contributed by atoms with E-state index >= 15 is 0 Å². The largest absolute Gasteiger partial charge is 0.383 e. The summed E-state index contributed by atoms with van der Waals surface area (Å²) in [5.41, 5.74) is 0. The lowest BCUT2D eigenvalue weighted by molar-refractivity contribution is 0.161. The minimum absolute atomic E-state index is 0.774. The van der Waals surface area contributed by atoms with Crippen LogP contribution in [0.5, 0.6) is 0 Å². The van der Waals surface area contributed by atoms with Crippen LogP contribution >= 0.6 is 0 Å². The molecule has 0 unspecified atom stereocenters. The van der Waals surface area contributed by atoms with Gasteiger partial charge in [0, 0.05) is 46.8 Å². The van der Waals surface area contributed by atoms with Gasteiger partial charge in [-0.15, -0.1) is 10.2 Å². The van der Waals surface area contributed by atoms with E-state index in [0.29, 0.717) is 0 Å². The molecule has 0 aromatic carbocycles. The Labute approximate surface area is 139 Å². The van der Waals surface area contributed by atoms with Crippen molar-refractivity contribution < 1.29 is 4.74 Å². The van der Waals surface area contributed by atoms with Crippen molar-refractivity contribution in [2.45, 2.75) is 26.3 Å². The number of guanidine groups is 1. The van der Waals surface area contributed by atoms with Crippen LogP contribution in [0.4, 0.5) is 0 Å². The molecule has 0 amide bonds. The van der Waals surface area contributed by atoms with Gasteiger partial charge in [0.15, 0.2) is 5.96 Å². The highest BCUT2D eigenvalue weighted by molar-refractivity contribution is 5.79. The third-order valence-electron chi connectivity index (χ3n) is 3.57. The first-order chi connectivity index (χ1) is 11.2. The second-order valence-corrected chi connectivity index (χ2v) is 5.37. The molecule has 132 valence electrons. The summed E-state index contributed by atoms with van der Waals surface area (Å²) in [5, 5.41) is 14.7. The Morgan fingerprint density at radius 2 is 2.13 bits per heavy atom. The lowest BCUT2D eigenvalue weighted by atomic mass is 10.4. The third-order valence-corrected chi connectivity index (χ3v) is 3.57. The lowest BCUT2D eigenvalue weighted by Gasteiger charge is -2.17. The van der Waals surface area contributed by atoms with Crippen LogP contribution in [0.3, 0.4) is 0 Å². The van der Waals surface area contributed by atoms with Gasteiger partial charge in [-0.1, -0.05) is 6.92 Å². The van der Waals surface area contributed by atoms with Crippen LogP contribution in [0.1, 0.15) is 19.2 Å². The second kappa shape index (κ2) is 11.8. The summed E-state index contributed by atoms with van der Waals surface area (Å²) in [6.45, 7) is 7.36. The maximum Gasteiger partial charge on any atom is 0.191 e. The fourth-order valence-electron chi connectivity index (χ4n) is 2.17. The highest BCUT2D eigenvalue weighted by Crippen LogP contribution is 1.94. The zero-order valence-electron chi connectivity index (χ0n) is 14.9. The number of nitrogens with one attached hydrogen (secondary N) is 2. The van der Waals surface area contributed by atoms with Crippen LogP contribution in [-0.2, 0) is 17.7 Å². The molecule has 0 spiro atoms. The molecule has 1 rings (SSSR count). The van der Waals surface area contributed by atoms with Crippen LogP contribution in [0.25, 0.3) is 0 Å². The molecule has 0 saturated carbocycles. The molecule has 0 bridgehead atoms. The predicted molar refractivity (Wildman–Crippen MR) is 92.8 cm³/mol. The highest BCUT2D eigenvalue weighted by atomic mass is 16.5. The molecule has 1 aromatic heterocycles. The minimum Gasteiger partial charge on any atom is -0.383 e. The van der Waals surface area contributed by atoms with E-state index in [1.165, 1.54) is 0 Å². The van der Waals surface area contributed by atoms with Crippen molar-refractivity contribution >= 4 is 5.96 Å². The number of methoxy groups -OCH3 is 1. The predicted octanol–water partition coefficient (Wildman–Crippen LogP) is -0.0262. The number of aryl methyl sites for hydroxylation is 1. The Hall–Kier alpha value is -1.67. The standard InChI is InChI=1S/C15H31N7O/c1-5-14-20-19-13-22(14)10-8-18-15(16-2)17-7-6-9-21(3)11-12-23-4/h13H,5-12H2,1-4H3,(H2,16,17,18). The van der Waals surface area contributed by atoms with Crippen molar-refractivity contribution in [1.29, 1.82) is 0 Å². The molecule has 0 aliphatic heterocycles. The third kappa shape index (κ3) is 7.94. The Balaban J connectivity index is 2.15. The van der Waals surface area contributed by atoms with Gasteiger partial charge in [-0.3, -0.25) is 4.99 Å². The maximum absolute atomic E-state index is 5.07. The first-order valence-electron chi connectivity index (χ1n) is 8.20. The molecule has 1 aromatic rings. The number of aliphatic imine (C=N–C) groups is 1. The number of aromatic nitrogens is 3.